The van der Waals surface area contributed by atoms with E-state index < -0.39 is 6.10 Å². The third-order valence-corrected chi connectivity index (χ3v) is 3.82. The van der Waals surface area contributed by atoms with E-state index in [1.54, 1.807) is 0 Å². The topological polar surface area (TPSA) is 79.8 Å². The number of aliphatic hydroxyl groups is 1. The number of anilines is 1. The molecule has 0 radical (unpaired) electrons. The van der Waals surface area contributed by atoms with Gasteiger partial charge in [0.15, 0.2) is 0 Å². The van der Waals surface area contributed by atoms with Crippen molar-refractivity contribution in [1.29, 1.82) is 0 Å². The maximum Gasteiger partial charge on any atom is 0.319 e. The molecule has 1 aromatic rings. The van der Waals surface area contributed by atoms with Gasteiger partial charge < -0.3 is 25.2 Å². The van der Waals surface area contributed by atoms with Crippen LogP contribution in [0.2, 0.25) is 0 Å². The molecule has 2 fully saturated rings. The van der Waals surface area contributed by atoms with Crippen LogP contribution in [-0.4, -0.2) is 48.7 Å². The lowest BCUT2D eigenvalue weighted by molar-refractivity contribution is 0.0180. The third-order valence-electron chi connectivity index (χ3n) is 3.82. The van der Waals surface area contributed by atoms with Crippen molar-refractivity contribution < 1.29 is 19.4 Å². The third kappa shape index (κ3) is 3.02. The summed E-state index contributed by atoms with van der Waals surface area (Å²) in [5, 5.41) is 15.3. The first-order valence-corrected chi connectivity index (χ1v) is 7.10. The van der Waals surface area contributed by atoms with Crippen molar-refractivity contribution >= 4 is 11.7 Å². The van der Waals surface area contributed by atoms with Crippen LogP contribution in [0.15, 0.2) is 18.2 Å². The van der Waals surface area contributed by atoms with Crippen LogP contribution in [0, 0.1) is 13.8 Å². The molecule has 21 heavy (non-hydrogen) atoms. The molecule has 3 N–H and O–H groups in total. The fourth-order valence-electron chi connectivity index (χ4n) is 2.99. The van der Waals surface area contributed by atoms with Gasteiger partial charge in [-0.25, -0.2) is 4.79 Å². The molecule has 6 heteroatoms. The Hall–Kier alpha value is -1.63. The van der Waals surface area contributed by atoms with Gasteiger partial charge in [0.2, 0.25) is 0 Å². The number of ether oxygens (including phenoxy) is 2. The van der Waals surface area contributed by atoms with Gasteiger partial charge in [-0.2, -0.15) is 0 Å². The number of rotatable bonds is 2. The first-order chi connectivity index (χ1) is 10.0. The van der Waals surface area contributed by atoms with E-state index in [1.165, 1.54) is 0 Å². The van der Waals surface area contributed by atoms with Crippen LogP contribution in [0.25, 0.3) is 0 Å². The fraction of sp³-hybridized carbons (Fsp3) is 0.533. The highest BCUT2D eigenvalue weighted by molar-refractivity contribution is 5.89. The number of benzene rings is 1. The Kier molecular flexibility index (Phi) is 3.84. The average Bonchev–Trinajstić information content (AvgIpc) is 2.93. The van der Waals surface area contributed by atoms with Gasteiger partial charge in [-0.05, 0) is 37.1 Å². The van der Waals surface area contributed by atoms with E-state index in [2.05, 4.69) is 10.6 Å². The number of carbonyl (C=O) groups excluding carboxylic acids is 1. The summed E-state index contributed by atoms with van der Waals surface area (Å²) < 4.78 is 10.9. The Morgan fingerprint density at radius 3 is 2.52 bits per heavy atom. The number of hydrogen-bond donors (Lipinski definition) is 3. The van der Waals surface area contributed by atoms with Gasteiger partial charge in [0, 0.05) is 5.69 Å². The summed E-state index contributed by atoms with van der Waals surface area (Å²) in [7, 11) is 0. The highest BCUT2D eigenvalue weighted by Gasteiger charge is 2.47. The van der Waals surface area contributed by atoms with E-state index in [0.29, 0.717) is 6.61 Å². The number of amides is 2. The van der Waals surface area contributed by atoms with Gasteiger partial charge in [-0.1, -0.05) is 6.07 Å². The molecule has 4 atom stereocenters. The molecule has 0 aliphatic carbocycles. The fourth-order valence-corrected chi connectivity index (χ4v) is 2.99. The number of aliphatic hydroxyl groups excluding tert-OH is 1. The largest absolute Gasteiger partial charge is 0.388 e. The molecule has 0 saturated carbocycles. The van der Waals surface area contributed by atoms with Crippen LogP contribution in [0.3, 0.4) is 0 Å². The van der Waals surface area contributed by atoms with Gasteiger partial charge in [-0.3, -0.25) is 0 Å². The van der Waals surface area contributed by atoms with Crippen LogP contribution >= 0.6 is 0 Å². The Bertz CT molecular complexity index is 528. The number of carbonyl (C=O) groups is 1. The highest BCUT2D eigenvalue weighted by Crippen LogP contribution is 2.27. The van der Waals surface area contributed by atoms with Crippen molar-refractivity contribution in [3.63, 3.8) is 0 Å². The molecule has 1 aromatic carbocycles. The van der Waals surface area contributed by atoms with E-state index in [-0.39, 0.29) is 30.9 Å². The molecule has 3 rings (SSSR count). The van der Waals surface area contributed by atoms with Crippen LogP contribution in [0.4, 0.5) is 10.5 Å². The maximum atomic E-state index is 12.1. The van der Waals surface area contributed by atoms with Crippen molar-refractivity contribution in [2.24, 2.45) is 0 Å². The lowest BCUT2D eigenvalue weighted by atomic mass is 10.1. The van der Waals surface area contributed by atoms with Gasteiger partial charge >= 0.3 is 6.03 Å². The van der Waals surface area contributed by atoms with E-state index in [9.17, 15) is 9.90 Å². The first-order valence-electron chi connectivity index (χ1n) is 7.10. The molecule has 2 aliphatic rings. The van der Waals surface area contributed by atoms with E-state index in [0.717, 1.165) is 16.8 Å². The minimum absolute atomic E-state index is 0.238. The smallest absolute Gasteiger partial charge is 0.319 e. The quantitative estimate of drug-likeness (QED) is 0.758. The summed E-state index contributed by atoms with van der Waals surface area (Å²) in [6, 6.07) is 5.34. The molecular formula is C15H20N2O4. The first kappa shape index (κ1) is 14.3. The molecule has 0 bridgehead atoms. The molecule has 2 amide bonds. The van der Waals surface area contributed by atoms with Gasteiger partial charge in [0.25, 0.3) is 0 Å². The van der Waals surface area contributed by atoms with Crippen LogP contribution in [0.1, 0.15) is 11.1 Å². The predicted octanol–water partition coefficient (Wildman–Crippen LogP) is 0.952. The summed E-state index contributed by atoms with van der Waals surface area (Å²) in [4.78, 5) is 12.1. The van der Waals surface area contributed by atoms with Crippen molar-refractivity contribution in [3.8, 4) is 0 Å². The van der Waals surface area contributed by atoms with Crippen molar-refractivity contribution in [2.45, 2.75) is 38.2 Å². The second kappa shape index (κ2) is 5.63. The Morgan fingerprint density at radius 2 is 1.81 bits per heavy atom. The number of nitrogens with one attached hydrogen (secondary N) is 2. The summed E-state index contributed by atoms with van der Waals surface area (Å²) in [6.45, 7) is 4.58. The Labute approximate surface area is 123 Å². The molecule has 0 unspecified atom stereocenters. The minimum Gasteiger partial charge on any atom is -0.388 e. The SMILES string of the molecule is Cc1cc(C)cc(NC(=O)N[C@@H]2CO[C@H]3[C@@H]2OC[C@H]3O)c1. The van der Waals surface area contributed by atoms with Crippen molar-refractivity contribution in [1.82, 2.24) is 5.32 Å². The zero-order valence-corrected chi connectivity index (χ0v) is 12.1. The summed E-state index contributed by atoms with van der Waals surface area (Å²) in [5.41, 5.74) is 2.95. The molecule has 0 spiro atoms. The van der Waals surface area contributed by atoms with E-state index in [4.69, 9.17) is 9.47 Å². The zero-order valence-electron chi connectivity index (χ0n) is 12.1. The standard InChI is InChI=1S/C15H20N2O4/c1-8-3-9(2)5-10(4-8)16-15(19)17-11-6-20-14-12(18)7-21-13(11)14/h3-5,11-14,18H,6-7H2,1-2H3,(H2,16,17,19)/t11-,12-,13-,14-/m1/s1. The second-order valence-electron chi connectivity index (χ2n) is 5.74. The number of aryl methyl sites for hydroxylation is 2. The molecule has 2 aliphatic heterocycles. The van der Waals surface area contributed by atoms with Crippen LogP contribution in [0.5, 0.6) is 0 Å². The second-order valence-corrected chi connectivity index (χ2v) is 5.74. The van der Waals surface area contributed by atoms with Crippen molar-refractivity contribution in [3.05, 3.63) is 29.3 Å². The predicted molar refractivity (Wildman–Crippen MR) is 77.3 cm³/mol. The average molecular weight is 292 g/mol. The Balaban J connectivity index is 1.59. The Morgan fingerprint density at radius 1 is 1.14 bits per heavy atom. The minimum atomic E-state index is -0.607. The van der Waals surface area contributed by atoms with Gasteiger partial charge in [0.05, 0.1) is 19.3 Å². The van der Waals surface area contributed by atoms with E-state index in [1.807, 2.05) is 32.0 Å². The monoisotopic (exact) mass is 292 g/mol. The molecule has 114 valence electrons. The van der Waals surface area contributed by atoms with Crippen LogP contribution < -0.4 is 10.6 Å². The molecule has 0 aromatic heterocycles. The summed E-state index contributed by atoms with van der Waals surface area (Å²) in [5.74, 6) is 0. The lowest BCUT2D eigenvalue weighted by Crippen LogP contribution is -2.46. The van der Waals surface area contributed by atoms with Crippen molar-refractivity contribution in [2.75, 3.05) is 18.5 Å². The summed E-state index contributed by atoms with van der Waals surface area (Å²) >= 11 is 0. The highest BCUT2D eigenvalue weighted by atomic mass is 16.6. The maximum absolute atomic E-state index is 12.1. The number of fused-ring (bicyclic) bond motifs is 1. The van der Waals surface area contributed by atoms with E-state index >= 15 is 0 Å². The molecule has 2 heterocycles. The normalized spacial score (nSPS) is 31.0. The van der Waals surface area contributed by atoms with Crippen LogP contribution in [-0.2, 0) is 9.47 Å². The van der Waals surface area contributed by atoms with Gasteiger partial charge in [-0.15, -0.1) is 0 Å². The summed E-state index contributed by atoms with van der Waals surface area (Å²) in [6.07, 6.45) is -1.22. The van der Waals surface area contributed by atoms with Gasteiger partial charge in [0.1, 0.15) is 18.3 Å². The molecule has 2 saturated heterocycles. The lowest BCUT2D eigenvalue weighted by Gasteiger charge is -2.18. The molecule has 6 nitrogen and oxygen atoms in total. The molecular weight excluding hydrogens is 272 g/mol. The number of urea groups is 1. The number of hydrogen-bond acceptors (Lipinski definition) is 4. The zero-order chi connectivity index (χ0) is 15.0.